The fraction of sp³-hybridized carbons (Fsp3) is 0.538. The molecule has 0 fully saturated rings. The highest BCUT2D eigenvalue weighted by Crippen LogP contribution is 2.25. The van der Waals surface area contributed by atoms with Gasteiger partial charge in [0.2, 0.25) is 9.05 Å². The Bertz CT molecular complexity index is 500. The molecule has 0 heterocycles. The standard InChI is InChI=1S/C13H19ClO3S/c1-9-5-11(3)13(12(4)6-9)17-7-10(2)8-18(14,15)16/h5-6,10H,7-8H2,1-4H3. The van der Waals surface area contributed by atoms with Crippen LogP contribution in [-0.2, 0) is 9.05 Å². The number of benzene rings is 1. The molecule has 0 bridgehead atoms. The lowest BCUT2D eigenvalue weighted by molar-refractivity contribution is 0.269. The monoisotopic (exact) mass is 290 g/mol. The molecule has 1 aromatic rings. The third kappa shape index (κ3) is 4.86. The minimum absolute atomic E-state index is 0.0709. The van der Waals surface area contributed by atoms with Crippen LogP contribution in [0.15, 0.2) is 12.1 Å². The lowest BCUT2D eigenvalue weighted by Crippen LogP contribution is -2.17. The van der Waals surface area contributed by atoms with E-state index in [9.17, 15) is 8.42 Å². The first-order valence-corrected chi connectivity index (χ1v) is 8.30. The normalized spacial score (nSPS) is 13.4. The van der Waals surface area contributed by atoms with Gasteiger partial charge in [-0.25, -0.2) is 8.42 Å². The second kappa shape index (κ2) is 5.93. The molecule has 0 aliphatic carbocycles. The van der Waals surface area contributed by atoms with Crippen molar-refractivity contribution < 1.29 is 13.2 Å². The molecule has 0 spiro atoms. The SMILES string of the molecule is Cc1cc(C)c(OCC(C)CS(=O)(=O)Cl)c(C)c1. The molecule has 0 aliphatic heterocycles. The Hall–Kier alpha value is -0.740. The quantitative estimate of drug-likeness (QED) is 0.782. The van der Waals surface area contributed by atoms with Gasteiger partial charge in [-0.3, -0.25) is 0 Å². The summed E-state index contributed by atoms with van der Waals surface area (Å²) in [5.74, 6) is 0.630. The fourth-order valence-electron chi connectivity index (χ4n) is 2.01. The average Bonchev–Trinajstić information content (AvgIpc) is 2.12. The molecule has 1 rings (SSSR count). The summed E-state index contributed by atoms with van der Waals surface area (Å²) in [4.78, 5) is 0. The first-order chi connectivity index (χ1) is 8.19. The van der Waals surface area contributed by atoms with Gasteiger partial charge in [0.15, 0.2) is 0 Å². The van der Waals surface area contributed by atoms with Gasteiger partial charge in [-0.2, -0.15) is 0 Å². The first kappa shape index (κ1) is 15.3. The van der Waals surface area contributed by atoms with Gasteiger partial charge in [0.1, 0.15) is 5.75 Å². The Kier molecular flexibility index (Phi) is 5.05. The van der Waals surface area contributed by atoms with Crippen molar-refractivity contribution >= 4 is 19.7 Å². The number of aryl methyl sites for hydroxylation is 3. The topological polar surface area (TPSA) is 43.4 Å². The molecule has 3 nitrogen and oxygen atoms in total. The maximum Gasteiger partial charge on any atom is 0.232 e. The number of halogens is 1. The minimum atomic E-state index is -3.46. The molecule has 5 heteroatoms. The third-order valence-electron chi connectivity index (χ3n) is 2.60. The van der Waals surface area contributed by atoms with Gasteiger partial charge in [0.05, 0.1) is 12.4 Å². The van der Waals surface area contributed by atoms with Crippen molar-refractivity contribution in [2.75, 3.05) is 12.4 Å². The van der Waals surface area contributed by atoms with Crippen molar-refractivity contribution in [3.05, 3.63) is 28.8 Å². The maximum atomic E-state index is 10.9. The van der Waals surface area contributed by atoms with Crippen molar-refractivity contribution in [1.82, 2.24) is 0 Å². The predicted octanol–water partition coefficient (Wildman–Crippen LogP) is 3.20. The highest BCUT2D eigenvalue weighted by Gasteiger charge is 2.14. The highest BCUT2D eigenvalue weighted by molar-refractivity contribution is 8.13. The van der Waals surface area contributed by atoms with E-state index < -0.39 is 9.05 Å². The van der Waals surface area contributed by atoms with Gasteiger partial charge < -0.3 is 4.74 Å². The van der Waals surface area contributed by atoms with Crippen molar-refractivity contribution in [3.63, 3.8) is 0 Å². The summed E-state index contributed by atoms with van der Waals surface area (Å²) in [6.45, 7) is 8.15. The number of ether oxygens (including phenoxy) is 1. The Labute approximate surface area is 114 Å². The van der Waals surface area contributed by atoms with Crippen LogP contribution in [0.4, 0.5) is 0 Å². The van der Waals surface area contributed by atoms with E-state index >= 15 is 0 Å². The first-order valence-electron chi connectivity index (χ1n) is 5.82. The third-order valence-corrected chi connectivity index (χ3v) is 3.95. The summed E-state index contributed by atoms with van der Waals surface area (Å²) < 4.78 is 27.6. The van der Waals surface area contributed by atoms with Gasteiger partial charge in [-0.1, -0.05) is 24.6 Å². The van der Waals surface area contributed by atoms with E-state index in [0.717, 1.165) is 16.9 Å². The van der Waals surface area contributed by atoms with Crippen molar-refractivity contribution in [1.29, 1.82) is 0 Å². The Morgan fingerprint density at radius 3 is 2.17 bits per heavy atom. The molecular weight excluding hydrogens is 272 g/mol. The van der Waals surface area contributed by atoms with Gasteiger partial charge >= 0.3 is 0 Å². The average molecular weight is 291 g/mol. The van der Waals surface area contributed by atoms with E-state index in [1.54, 1.807) is 6.92 Å². The van der Waals surface area contributed by atoms with Gasteiger partial charge in [0.25, 0.3) is 0 Å². The van der Waals surface area contributed by atoms with Gasteiger partial charge in [-0.15, -0.1) is 0 Å². The summed E-state index contributed by atoms with van der Waals surface area (Å²) in [6.07, 6.45) is 0. The Balaban J connectivity index is 2.70. The van der Waals surface area contributed by atoms with Crippen LogP contribution in [-0.4, -0.2) is 20.8 Å². The molecule has 0 aliphatic rings. The largest absolute Gasteiger partial charge is 0.493 e. The minimum Gasteiger partial charge on any atom is -0.493 e. The lowest BCUT2D eigenvalue weighted by Gasteiger charge is -2.16. The van der Waals surface area contributed by atoms with Crippen LogP contribution >= 0.6 is 10.7 Å². The maximum absolute atomic E-state index is 10.9. The molecule has 102 valence electrons. The van der Waals surface area contributed by atoms with E-state index in [4.69, 9.17) is 15.4 Å². The zero-order valence-electron chi connectivity index (χ0n) is 11.2. The number of rotatable bonds is 5. The van der Waals surface area contributed by atoms with Crippen LogP contribution in [0.3, 0.4) is 0 Å². The highest BCUT2D eigenvalue weighted by atomic mass is 35.7. The molecule has 1 atom stereocenters. The Morgan fingerprint density at radius 2 is 1.72 bits per heavy atom. The fourth-order valence-corrected chi connectivity index (χ4v) is 3.43. The van der Waals surface area contributed by atoms with Crippen molar-refractivity contribution in [2.45, 2.75) is 27.7 Å². The molecule has 18 heavy (non-hydrogen) atoms. The molecule has 1 unspecified atom stereocenters. The van der Waals surface area contributed by atoms with E-state index in [2.05, 4.69) is 0 Å². The van der Waals surface area contributed by atoms with Gasteiger partial charge in [0, 0.05) is 16.6 Å². The zero-order valence-corrected chi connectivity index (χ0v) is 12.7. The van der Waals surface area contributed by atoms with E-state index in [1.165, 1.54) is 5.56 Å². The van der Waals surface area contributed by atoms with Crippen LogP contribution in [0.1, 0.15) is 23.6 Å². The van der Waals surface area contributed by atoms with Crippen LogP contribution in [0.25, 0.3) is 0 Å². The van der Waals surface area contributed by atoms with Crippen molar-refractivity contribution in [2.24, 2.45) is 5.92 Å². The number of hydrogen-bond acceptors (Lipinski definition) is 3. The van der Waals surface area contributed by atoms with Crippen LogP contribution in [0.5, 0.6) is 5.75 Å². The smallest absolute Gasteiger partial charge is 0.232 e. The summed E-state index contributed by atoms with van der Waals surface area (Å²) >= 11 is 0. The Morgan fingerprint density at radius 1 is 1.22 bits per heavy atom. The number of hydrogen-bond donors (Lipinski definition) is 0. The zero-order chi connectivity index (χ0) is 13.9. The molecule has 0 N–H and O–H groups in total. The van der Waals surface area contributed by atoms with Crippen LogP contribution in [0.2, 0.25) is 0 Å². The second-order valence-corrected chi connectivity index (χ2v) is 7.67. The summed E-state index contributed by atoms with van der Waals surface area (Å²) in [5.41, 5.74) is 3.32. The van der Waals surface area contributed by atoms with Crippen molar-refractivity contribution in [3.8, 4) is 5.75 Å². The van der Waals surface area contributed by atoms with Crippen LogP contribution < -0.4 is 4.74 Å². The molecule has 0 radical (unpaired) electrons. The van der Waals surface area contributed by atoms with E-state index in [-0.39, 0.29) is 11.7 Å². The molecule has 0 saturated carbocycles. The molecule has 0 saturated heterocycles. The summed E-state index contributed by atoms with van der Waals surface area (Å²) in [5, 5.41) is 0. The lowest BCUT2D eigenvalue weighted by atomic mass is 10.1. The predicted molar refractivity (Wildman–Crippen MR) is 75.0 cm³/mol. The molecule has 0 amide bonds. The van der Waals surface area contributed by atoms with E-state index in [1.807, 2.05) is 32.9 Å². The summed E-state index contributed by atoms with van der Waals surface area (Å²) in [6, 6.07) is 4.09. The second-order valence-electron chi connectivity index (χ2n) is 4.85. The molecule has 1 aromatic carbocycles. The molecule has 0 aromatic heterocycles. The van der Waals surface area contributed by atoms with Crippen LogP contribution in [0, 0.1) is 26.7 Å². The van der Waals surface area contributed by atoms with E-state index in [0.29, 0.717) is 6.61 Å². The molecular formula is C13H19ClO3S. The van der Waals surface area contributed by atoms with Gasteiger partial charge in [-0.05, 0) is 31.9 Å². The summed E-state index contributed by atoms with van der Waals surface area (Å²) in [7, 11) is 1.75.